The number of carbonyl (C=O) groups is 1. The molecule has 1 aromatic carbocycles. The fraction of sp³-hybridized carbons (Fsp3) is 0.200. The Hall–Kier alpha value is -2.49. The molecule has 29 heavy (non-hydrogen) atoms. The van der Waals surface area contributed by atoms with Gasteiger partial charge in [-0.15, -0.1) is 22.7 Å². The van der Waals surface area contributed by atoms with Gasteiger partial charge in [0.15, 0.2) is 0 Å². The van der Waals surface area contributed by atoms with E-state index in [1.54, 1.807) is 41.5 Å². The van der Waals surface area contributed by atoms with Crippen LogP contribution < -0.4 is 4.72 Å². The van der Waals surface area contributed by atoms with E-state index in [1.807, 2.05) is 41.1 Å². The van der Waals surface area contributed by atoms with Crippen LogP contribution in [-0.2, 0) is 10.0 Å². The third-order valence-electron chi connectivity index (χ3n) is 4.59. The molecule has 0 saturated heterocycles. The van der Waals surface area contributed by atoms with Gasteiger partial charge in [-0.3, -0.25) is 9.52 Å². The van der Waals surface area contributed by atoms with Gasteiger partial charge in [0.25, 0.3) is 5.91 Å². The first-order valence-corrected chi connectivity index (χ1v) is 12.5. The minimum Gasteiger partial charge on any atom is -0.284 e. The molecule has 2 aromatic heterocycles. The summed E-state index contributed by atoms with van der Waals surface area (Å²) in [5.41, 5.74) is 2.18. The molecule has 150 valence electrons. The maximum absolute atomic E-state index is 13.0. The van der Waals surface area contributed by atoms with Crippen molar-refractivity contribution in [2.45, 2.75) is 19.4 Å². The molecule has 0 saturated carbocycles. The molecular formula is C20H19N3O3S3. The SMILES string of the molecule is CCS(=O)(=O)Nc1ccc(C2=NN(C(=O)c3cccs3)C(c3cccs3)C2)cc1. The highest BCUT2D eigenvalue weighted by Gasteiger charge is 2.34. The van der Waals surface area contributed by atoms with Crippen molar-refractivity contribution in [2.75, 3.05) is 10.5 Å². The van der Waals surface area contributed by atoms with Crippen LogP contribution in [-0.4, -0.2) is 30.8 Å². The van der Waals surface area contributed by atoms with Gasteiger partial charge in [-0.1, -0.05) is 24.3 Å². The third kappa shape index (κ3) is 4.26. The first kappa shape index (κ1) is 19.8. The molecule has 1 aliphatic heterocycles. The number of thiophene rings is 2. The van der Waals surface area contributed by atoms with E-state index in [4.69, 9.17) is 0 Å². The van der Waals surface area contributed by atoms with Gasteiger partial charge in [0.05, 0.1) is 22.4 Å². The Morgan fingerprint density at radius 3 is 2.48 bits per heavy atom. The standard InChI is InChI=1S/C20H19N3O3S3/c1-2-29(25,26)22-15-9-7-14(8-10-15)16-13-17(18-5-3-11-27-18)23(21-16)20(24)19-6-4-12-28-19/h3-12,17,22H,2,13H2,1H3. The van der Waals surface area contributed by atoms with Gasteiger partial charge in [0.2, 0.25) is 10.0 Å². The first-order chi connectivity index (χ1) is 14.0. The van der Waals surface area contributed by atoms with E-state index in [9.17, 15) is 13.2 Å². The number of anilines is 1. The highest BCUT2D eigenvalue weighted by molar-refractivity contribution is 7.92. The molecule has 3 aromatic rings. The number of benzene rings is 1. The summed E-state index contributed by atoms with van der Waals surface area (Å²) in [4.78, 5) is 14.7. The lowest BCUT2D eigenvalue weighted by Gasteiger charge is -2.19. The fourth-order valence-electron chi connectivity index (χ4n) is 3.07. The molecule has 1 atom stereocenters. The molecule has 4 rings (SSSR count). The summed E-state index contributed by atoms with van der Waals surface area (Å²) < 4.78 is 26.0. The van der Waals surface area contributed by atoms with E-state index in [1.165, 1.54) is 11.3 Å². The minimum atomic E-state index is -3.32. The van der Waals surface area contributed by atoms with E-state index in [-0.39, 0.29) is 17.7 Å². The van der Waals surface area contributed by atoms with Crippen LogP contribution in [0.2, 0.25) is 0 Å². The summed E-state index contributed by atoms with van der Waals surface area (Å²) in [7, 11) is -3.32. The number of rotatable bonds is 6. The minimum absolute atomic E-state index is 0.0176. The second-order valence-corrected chi connectivity index (χ2v) is 10.4. The molecular weight excluding hydrogens is 426 g/mol. The molecule has 0 bridgehead atoms. The number of hydrazone groups is 1. The Morgan fingerprint density at radius 1 is 1.14 bits per heavy atom. The van der Waals surface area contributed by atoms with E-state index >= 15 is 0 Å². The lowest BCUT2D eigenvalue weighted by Crippen LogP contribution is -2.25. The number of nitrogens with zero attached hydrogens (tertiary/aromatic N) is 2. The van der Waals surface area contributed by atoms with Crippen LogP contribution >= 0.6 is 22.7 Å². The number of hydrogen-bond acceptors (Lipinski definition) is 6. The first-order valence-electron chi connectivity index (χ1n) is 9.05. The molecule has 0 aliphatic carbocycles. The van der Waals surface area contributed by atoms with Crippen LogP contribution in [0.15, 0.2) is 64.4 Å². The second kappa shape index (κ2) is 8.10. The van der Waals surface area contributed by atoms with Crippen molar-refractivity contribution in [1.29, 1.82) is 0 Å². The zero-order valence-electron chi connectivity index (χ0n) is 15.6. The van der Waals surface area contributed by atoms with E-state index < -0.39 is 10.0 Å². The summed E-state index contributed by atoms with van der Waals surface area (Å²) in [6.45, 7) is 1.59. The Balaban J connectivity index is 1.62. The zero-order valence-corrected chi connectivity index (χ0v) is 18.1. The molecule has 0 fully saturated rings. The van der Waals surface area contributed by atoms with Crippen molar-refractivity contribution < 1.29 is 13.2 Å². The smallest absolute Gasteiger partial charge is 0.284 e. The maximum Gasteiger partial charge on any atom is 0.284 e. The van der Waals surface area contributed by atoms with Crippen LogP contribution in [0.5, 0.6) is 0 Å². The van der Waals surface area contributed by atoms with Gasteiger partial charge in [0.1, 0.15) is 0 Å². The number of sulfonamides is 1. The van der Waals surface area contributed by atoms with E-state index in [0.29, 0.717) is 17.0 Å². The lowest BCUT2D eigenvalue weighted by molar-refractivity contribution is 0.0719. The predicted octanol–water partition coefficient (Wildman–Crippen LogP) is 4.56. The monoisotopic (exact) mass is 445 g/mol. The molecule has 9 heteroatoms. The normalized spacial score (nSPS) is 16.7. The van der Waals surface area contributed by atoms with Gasteiger partial charge >= 0.3 is 0 Å². The van der Waals surface area contributed by atoms with Crippen molar-refractivity contribution in [3.05, 3.63) is 74.6 Å². The summed E-state index contributed by atoms with van der Waals surface area (Å²) >= 11 is 3.01. The Bertz CT molecular complexity index is 1120. The van der Waals surface area contributed by atoms with Crippen molar-refractivity contribution in [3.8, 4) is 0 Å². The van der Waals surface area contributed by atoms with Crippen molar-refractivity contribution >= 4 is 50.0 Å². The Kier molecular flexibility index (Phi) is 5.53. The van der Waals surface area contributed by atoms with Crippen LogP contribution in [0.25, 0.3) is 0 Å². The molecule has 6 nitrogen and oxygen atoms in total. The van der Waals surface area contributed by atoms with Crippen molar-refractivity contribution in [3.63, 3.8) is 0 Å². The highest BCUT2D eigenvalue weighted by Crippen LogP contribution is 2.36. The van der Waals surface area contributed by atoms with Crippen LogP contribution in [0.4, 0.5) is 5.69 Å². The summed E-state index contributed by atoms with van der Waals surface area (Å²) in [6, 6.07) is 14.6. The number of hydrogen-bond donors (Lipinski definition) is 1. The van der Waals surface area contributed by atoms with Gasteiger partial charge in [0, 0.05) is 17.0 Å². The largest absolute Gasteiger partial charge is 0.284 e. The lowest BCUT2D eigenvalue weighted by atomic mass is 10.0. The topological polar surface area (TPSA) is 78.8 Å². The van der Waals surface area contributed by atoms with Crippen LogP contribution in [0.3, 0.4) is 0 Å². The highest BCUT2D eigenvalue weighted by atomic mass is 32.2. The van der Waals surface area contributed by atoms with Crippen molar-refractivity contribution in [1.82, 2.24) is 5.01 Å². The maximum atomic E-state index is 13.0. The molecule has 3 heterocycles. The number of amides is 1. The quantitative estimate of drug-likeness (QED) is 0.604. The summed E-state index contributed by atoms with van der Waals surface area (Å²) in [6.07, 6.45) is 0.609. The summed E-state index contributed by atoms with van der Waals surface area (Å²) in [5, 5.41) is 10.1. The van der Waals surface area contributed by atoms with Gasteiger partial charge in [-0.2, -0.15) is 5.10 Å². The second-order valence-electron chi connectivity index (χ2n) is 6.49. The predicted molar refractivity (Wildman–Crippen MR) is 118 cm³/mol. The van der Waals surface area contributed by atoms with E-state index in [0.717, 1.165) is 16.2 Å². The van der Waals surface area contributed by atoms with Gasteiger partial charge < -0.3 is 0 Å². The molecule has 1 unspecified atom stereocenters. The van der Waals surface area contributed by atoms with Crippen LogP contribution in [0, 0.1) is 0 Å². The molecule has 1 amide bonds. The van der Waals surface area contributed by atoms with Gasteiger partial charge in [-0.05, 0) is 47.5 Å². The number of carbonyl (C=O) groups excluding carboxylic acids is 1. The number of nitrogens with one attached hydrogen (secondary N) is 1. The third-order valence-corrected chi connectivity index (χ3v) is 7.73. The summed E-state index contributed by atoms with van der Waals surface area (Å²) in [5.74, 6) is -0.0928. The Labute approximate surface area is 177 Å². The molecule has 0 spiro atoms. The van der Waals surface area contributed by atoms with Crippen molar-refractivity contribution in [2.24, 2.45) is 5.10 Å². The molecule has 1 aliphatic rings. The fourth-order valence-corrected chi connectivity index (χ4v) is 5.18. The zero-order chi connectivity index (χ0) is 20.4. The average molecular weight is 446 g/mol. The Morgan fingerprint density at radius 2 is 1.86 bits per heavy atom. The average Bonchev–Trinajstić information content (AvgIpc) is 3.49. The molecule has 0 radical (unpaired) electrons. The van der Waals surface area contributed by atoms with E-state index in [2.05, 4.69) is 9.82 Å². The molecule has 1 N–H and O–H groups in total. The van der Waals surface area contributed by atoms with Crippen LogP contribution in [0.1, 0.15) is 39.5 Å². The van der Waals surface area contributed by atoms with Gasteiger partial charge in [-0.25, -0.2) is 13.4 Å².